The molecule has 114 valence electrons. The van der Waals surface area contributed by atoms with Crippen molar-refractivity contribution in [3.63, 3.8) is 0 Å². The van der Waals surface area contributed by atoms with Crippen molar-refractivity contribution in [1.82, 2.24) is 14.3 Å². The summed E-state index contributed by atoms with van der Waals surface area (Å²) in [6.45, 7) is 4.99. The van der Waals surface area contributed by atoms with Crippen LogP contribution in [-0.2, 0) is 4.79 Å². The molecular weight excluding hydrogens is 321 g/mol. The molecule has 0 radical (unpaired) electrons. The van der Waals surface area contributed by atoms with E-state index in [0.29, 0.717) is 0 Å². The number of aromatic nitrogens is 2. The summed E-state index contributed by atoms with van der Waals surface area (Å²) in [7, 11) is 0. The lowest BCUT2D eigenvalue weighted by Crippen LogP contribution is -2.54. The van der Waals surface area contributed by atoms with E-state index >= 15 is 0 Å². The summed E-state index contributed by atoms with van der Waals surface area (Å²) >= 11 is 1.42. The zero-order valence-corrected chi connectivity index (χ0v) is 13.7. The highest BCUT2D eigenvalue weighted by atomic mass is 35.5. The predicted molar refractivity (Wildman–Crippen MR) is 84.1 cm³/mol. The number of rotatable bonds is 2. The highest BCUT2D eigenvalue weighted by molar-refractivity contribution is 7.09. The lowest BCUT2D eigenvalue weighted by Gasteiger charge is -2.35. The maximum atomic E-state index is 12.1. The molecule has 6 nitrogen and oxygen atoms in total. The van der Waals surface area contributed by atoms with Gasteiger partial charge in [0, 0.05) is 37.7 Å². The van der Waals surface area contributed by atoms with E-state index < -0.39 is 5.54 Å². The monoisotopic (exact) mass is 339 g/mol. The molecule has 2 aliphatic rings. The molecule has 0 unspecified atom stereocenters. The standard InChI is InChI=1S/C11H17N5OS.2ClH/c1-8-13-10(18-14-8)16-6-4-15(5-7-16)9(17)11(12)2-3-11;;/h2-7,12H2,1H3;2*1H. The van der Waals surface area contributed by atoms with Crippen LogP contribution in [0.5, 0.6) is 0 Å². The Hall–Kier alpha value is -0.630. The van der Waals surface area contributed by atoms with E-state index in [1.165, 1.54) is 11.5 Å². The number of carbonyl (C=O) groups is 1. The van der Waals surface area contributed by atoms with Crippen molar-refractivity contribution in [1.29, 1.82) is 0 Å². The van der Waals surface area contributed by atoms with Gasteiger partial charge in [-0.1, -0.05) is 0 Å². The third kappa shape index (κ3) is 3.33. The van der Waals surface area contributed by atoms with Gasteiger partial charge in [0.05, 0.1) is 5.54 Å². The number of aryl methyl sites for hydroxylation is 1. The number of amides is 1. The van der Waals surface area contributed by atoms with E-state index in [2.05, 4.69) is 14.3 Å². The van der Waals surface area contributed by atoms with Crippen LogP contribution in [0, 0.1) is 6.92 Å². The van der Waals surface area contributed by atoms with Crippen LogP contribution >= 0.6 is 36.3 Å². The molecule has 1 amide bonds. The minimum absolute atomic E-state index is 0. The fourth-order valence-electron chi connectivity index (χ4n) is 2.18. The van der Waals surface area contributed by atoms with E-state index in [-0.39, 0.29) is 30.7 Å². The number of anilines is 1. The molecule has 1 aromatic heterocycles. The molecule has 0 atom stereocenters. The van der Waals surface area contributed by atoms with Gasteiger partial charge < -0.3 is 15.5 Å². The highest BCUT2D eigenvalue weighted by Gasteiger charge is 2.48. The van der Waals surface area contributed by atoms with E-state index in [1.807, 2.05) is 11.8 Å². The van der Waals surface area contributed by atoms with Crippen LogP contribution in [0.15, 0.2) is 0 Å². The Labute approximate surface area is 134 Å². The molecule has 2 fully saturated rings. The number of nitrogens with zero attached hydrogens (tertiary/aromatic N) is 4. The second kappa shape index (κ2) is 6.43. The van der Waals surface area contributed by atoms with Crippen LogP contribution in [0.1, 0.15) is 18.7 Å². The molecule has 20 heavy (non-hydrogen) atoms. The molecule has 1 aliphatic heterocycles. The number of nitrogens with two attached hydrogens (primary N) is 1. The van der Waals surface area contributed by atoms with Crippen molar-refractivity contribution in [3.05, 3.63) is 5.82 Å². The van der Waals surface area contributed by atoms with Crippen LogP contribution in [0.2, 0.25) is 0 Å². The van der Waals surface area contributed by atoms with Crippen LogP contribution in [-0.4, -0.2) is 51.9 Å². The predicted octanol–water partition coefficient (Wildman–Crippen LogP) is 0.830. The summed E-state index contributed by atoms with van der Waals surface area (Å²) in [5, 5.41) is 0.952. The van der Waals surface area contributed by atoms with Gasteiger partial charge in [0.2, 0.25) is 11.0 Å². The summed E-state index contributed by atoms with van der Waals surface area (Å²) in [5.74, 6) is 0.933. The first-order valence-corrected chi connectivity index (χ1v) is 6.99. The second-order valence-electron chi connectivity index (χ2n) is 5.06. The molecule has 1 aliphatic carbocycles. The van der Waals surface area contributed by atoms with Gasteiger partial charge in [-0.05, 0) is 19.8 Å². The zero-order valence-electron chi connectivity index (χ0n) is 11.2. The Kier molecular flexibility index (Phi) is 5.60. The Morgan fingerprint density at radius 2 is 1.85 bits per heavy atom. The largest absolute Gasteiger partial charge is 0.343 e. The minimum atomic E-state index is -0.540. The molecule has 2 N–H and O–H groups in total. The number of hydrogen-bond donors (Lipinski definition) is 1. The van der Waals surface area contributed by atoms with Crippen molar-refractivity contribution < 1.29 is 4.79 Å². The Morgan fingerprint density at radius 1 is 1.25 bits per heavy atom. The molecule has 0 aromatic carbocycles. The molecule has 3 rings (SSSR count). The van der Waals surface area contributed by atoms with Gasteiger partial charge in [0.25, 0.3) is 0 Å². The number of hydrogen-bond acceptors (Lipinski definition) is 6. The maximum Gasteiger partial charge on any atom is 0.242 e. The first-order valence-electron chi connectivity index (χ1n) is 6.22. The molecule has 0 spiro atoms. The van der Waals surface area contributed by atoms with Gasteiger partial charge in [-0.15, -0.1) is 24.8 Å². The molecule has 1 aromatic rings. The van der Waals surface area contributed by atoms with Gasteiger partial charge in [-0.3, -0.25) is 4.79 Å². The van der Waals surface area contributed by atoms with Crippen molar-refractivity contribution >= 4 is 47.4 Å². The third-order valence-corrected chi connectivity index (χ3v) is 4.44. The quantitative estimate of drug-likeness (QED) is 0.863. The van der Waals surface area contributed by atoms with Crippen molar-refractivity contribution in [3.8, 4) is 0 Å². The highest BCUT2D eigenvalue weighted by Crippen LogP contribution is 2.34. The summed E-state index contributed by atoms with van der Waals surface area (Å²) in [6.07, 6.45) is 1.67. The van der Waals surface area contributed by atoms with Crippen LogP contribution < -0.4 is 10.6 Å². The topological polar surface area (TPSA) is 75.4 Å². The fraction of sp³-hybridized carbons (Fsp3) is 0.727. The summed E-state index contributed by atoms with van der Waals surface area (Å²) in [5.41, 5.74) is 5.40. The normalized spacial score (nSPS) is 19.9. The zero-order chi connectivity index (χ0) is 12.8. The fourth-order valence-corrected chi connectivity index (χ4v) is 2.90. The molecule has 1 saturated carbocycles. The average Bonchev–Trinajstić information content (AvgIpc) is 2.98. The molecule has 1 saturated heterocycles. The van der Waals surface area contributed by atoms with Gasteiger partial charge in [-0.25, -0.2) is 4.98 Å². The molecule has 0 bridgehead atoms. The molecule has 2 heterocycles. The summed E-state index contributed by atoms with van der Waals surface area (Å²) in [4.78, 5) is 20.5. The van der Waals surface area contributed by atoms with E-state index in [1.54, 1.807) is 0 Å². The maximum absolute atomic E-state index is 12.1. The second-order valence-corrected chi connectivity index (χ2v) is 5.79. The van der Waals surface area contributed by atoms with Crippen molar-refractivity contribution in [2.75, 3.05) is 31.1 Å². The van der Waals surface area contributed by atoms with E-state index in [0.717, 1.165) is 50.0 Å². The Bertz CT molecular complexity index is 471. The number of halogens is 2. The Morgan fingerprint density at radius 3 is 2.30 bits per heavy atom. The van der Waals surface area contributed by atoms with Crippen molar-refractivity contribution in [2.24, 2.45) is 5.73 Å². The molecular formula is C11H19Cl2N5OS. The van der Waals surface area contributed by atoms with E-state index in [4.69, 9.17) is 5.73 Å². The Balaban J connectivity index is 0.000001000. The first kappa shape index (κ1) is 17.4. The third-order valence-electron chi connectivity index (χ3n) is 3.57. The lowest BCUT2D eigenvalue weighted by atomic mass is 10.2. The SMILES string of the molecule is Cc1nsc(N2CCN(C(=O)C3(N)CC3)CC2)n1.Cl.Cl. The van der Waals surface area contributed by atoms with Gasteiger partial charge >= 0.3 is 0 Å². The van der Waals surface area contributed by atoms with Crippen LogP contribution in [0.4, 0.5) is 5.13 Å². The minimum Gasteiger partial charge on any atom is -0.343 e. The van der Waals surface area contributed by atoms with Crippen LogP contribution in [0.25, 0.3) is 0 Å². The summed E-state index contributed by atoms with van der Waals surface area (Å²) < 4.78 is 4.18. The molecule has 9 heteroatoms. The van der Waals surface area contributed by atoms with Crippen LogP contribution in [0.3, 0.4) is 0 Å². The van der Waals surface area contributed by atoms with Crippen molar-refractivity contribution in [2.45, 2.75) is 25.3 Å². The smallest absolute Gasteiger partial charge is 0.242 e. The van der Waals surface area contributed by atoms with Gasteiger partial charge in [0.15, 0.2) is 0 Å². The first-order chi connectivity index (χ1) is 8.58. The van der Waals surface area contributed by atoms with Gasteiger partial charge in [-0.2, -0.15) is 4.37 Å². The summed E-state index contributed by atoms with van der Waals surface area (Å²) in [6, 6.07) is 0. The van der Waals surface area contributed by atoms with E-state index in [9.17, 15) is 4.79 Å². The number of piperazine rings is 1. The van der Waals surface area contributed by atoms with Gasteiger partial charge in [0.1, 0.15) is 5.82 Å². The average molecular weight is 340 g/mol. The lowest BCUT2D eigenvalue weighted by molar-refractivity contribution is -0.133. The number of carbonyl (C=O) groups excluding carboxylic acids is 1.